The van der Waals surface area contributed by atoms with E-state index in [0.717, 1.165) is 6.07 Å². The van der Waals surface area contributed by atoms with Crippen LogP contribution < -0.4 is 0 Å². The highest BCUT2D eigenvalue weighted by Crippen LogP contribution is 2.55. The summed E-state index contributed by atoms with van der Waals surface area (Å²) in [5.74, 6) is -19.5. The Morgan fingerprint density at radius 2 is 1.35 bits per heavy atom. The fourth-order valence-corrected chi connectivity index (χ4v) is 2.38. The Balaban J connectivity index is 3.13. The van der Waals surface area contributed by atoms with Gasteiger partial charge in [0.15, 0.2) is 0 Å². The zero-order valence-electron chi connectivity index (χ0n) is 10.8. The third kappa shape index (κ3) is 3.69. The van der Waals surface area contributed by atoms with Crippen molar-refractivity contribution in [2.45, 2.75) is 36.5 Å². The number of hydrogen-bond acceptors (Lipinski definition) is 1. The molecule has 0 spiro atoms. The van der Waals surface area contributed by atoms with Crippen LogP contribution >= 0.6 is 22.6 Å². The molecule has 0 saturated heterocycles. The maximum Gasteiger partial charge on any atom is 0.460 e. The van der Waals surface area contributed by atoms with Crippen molar-refractivity contribution in [1.29, 1.82) is 0 Å². The summed E-state index contributed by atoms with van der Waals surface area (Å²) in [6, 6.07) is 5.03. The maximum atomic E-state index is 13.4. The summed E-state index contributed by atoms with van der Waals surface area (Å²) >= 11 is 1.56. The molecule has 0 aliphatic carbocycles. The molecule has 0 fully saturated rings. The van der Waals surface area contributed by atoms with E-state index in [2.05, 4.69) is 0 Å². The standard InChI is InChI=1S/C12H8F9IO/c13-9(14,10(15,16)11(17,18)12(19,20)21)5-8(23)6-3-1-2-4-7(6)22/h1-4,8,23H,5H2. The molecule has 1 aromatic rings. The Kier molecular flexibility index (Phi) is 5.56. The van der Waals surface area contributed by atoms with E-state index < -0.39 is 36.5 Å². The predicted molar refractivity (Wildman–Crippen MR) is 69.6 cm³/mol. The van der Waals surface area contributed by atoms with Crippen molar-refractivity contribution < 1.29 is 44.6 Å². The van der Waals surface area contributed by atoms with E-state index in [-0.39, 0.29) is 9.13 Å². The van der Waals surface area contributed by atoms with E-state index in [9.17, 15) is 44.6 Å². The van der Waals surface area contributed by atoms with Crippen LogP contribution in [0.3, 0.4) is 0 Å². The Morgan fingerprint density at radius 1 is 0.870 bits per heavy atom. The molecular weight excluding hydrogens is 458 g/mol. The van der Waals surface area contributed by atoms with Crippen molar-refractivity contribution in [3.63, 3.8) is 0 Å². The number of hydrogen-bond donors (Lipinski definition) is 1. The Labute approximate surface area is 137 Å². The molecule has 1 N–H and O–H groups in total. The van der Waals surface area contributed by atoms with Crippen LogP contribution in [-0.4, -0.2) is 29.1 Å². The normalized spacial score (nSPS) is 15.6. The SMILES string of the molecule is OC(CC(F)(F)C(F)(F)C(F)(F)C(F)(F)F)c1ccccc1I. The quantitative estimate of drug-likeness (QED) is 0.469. The summed E-state index contributed by atoms with van der Waals surface area (Å²) in [5, 5.41) is 9.52. The van der Waals surface area contributed by atoms with Crippen LogP contribution in [0.5, 0.6) is 0 Å². The van der Waals surface area contributed by atoms with Crippen LogP contribution in [0.15, 0.2) is 24.3 Å². The summed E-state index contributed by atoms with van der Waals surface area (Å²) in [6.07, 6.45) is -11.5. The molecule has 0 aliphatic heterocycles. The third-order valence-corrected chi connectivity index (χ3v) is 3.91. The Hall–Kier alpha value is -0.720. The first-order valence-electron chi connectivity index (χ1n) is 5.78. The molecule has 0 saturated carbocycles. The number of rotatable bonds is 5. The van der Waals surface area contributed by atoms with Crippen LogP contribution in [0.2, 0.25) is 0 Å². The second-order valence-corrected chi connectivity index (χ2v) is 5.75. The number of aliphatic hydroxyl groups is 1. The van der Waals surface area contributed by atoms with E-state index in [1.54, 1.807) is 22.6 Å². The highest BCUT2D eigenvalue weighted by Gasteiger charge is 2.81. The Bertz CT molecular complexity index is 556. The first-order chi connectivity index (χ1) is 10.1. The molecular formula is C12H8F9IO. The van der Waals surface area contributed by atoms with E-state index in [1.807, 2.05) is 0 Å². The van der Waals surface area contributed by atoms with Gasteiger partial charge in [0.05, 0.1) is 6.10 Å². The monoisotopic (exact) mass is 466 g/mol. The molecule has 0 heterocycles. The van der Waals surface area contributed by atoms with Gasteiger partial charge in [-0.1, -0.05) is 18.2 Å². The van der Waals surface area contributed by atoms with Crippen molar-refractivity contribution in [3.8, 4) is 0 Å². The van der Waals surface area contributed by atoms with Gasteiger partial charge in [0.2, 0.25) is 0 Å². The lowest BCUT2D eigenvalue weighted by molar-refractivity contribution is -0.398. The molecule has 0 radical (unpaired) electrons. The highest BCUT2D eigenvalue weighted by atomic mass is 127. The molecule has 1 aromatic carbocycles. The summed E-state index contributed by atoms with van der Waals surface area (Å²) in [7, 11) is 0. The van der Waals surface area contributed by atoms with Gasteiger partial charge in [-0.15, -0.1) is 0 Å². The van der Waals surface area contributed by atoms with Crippen LogP contribution in [-0.2, 0) is 0 Å². The summed E-state index contributed by atoms with van der Waals surface area (Å²) in [6.45, 7) is 0. The van der Waals surface area contributed by atoms with Crippen molar-refractivity contribution >= 4 is 22.6 Å². The number of alkyl halides is 9. The molecule has 0 amide bonds. The largest absolute Gasteiger partial charge is 0.460 e. The summed E-state index contributed by atoms with van der Waals surface area (Å²) < 4.78 is 114. The minimum atomic E-state index is -6.95. The topological polar surface area (TPSA) is 20.2 Å². The van der Waals surface area contributed by atoms with Crippen LogP contribution in [0, 0.1) is 3.57 Å². The second kappa shape index (κ2) is 6.30. The van der Waals surface area contributed by atoms with E-state index in [1.165, 1.54) is 18.2 Å². The average Bonchev–Trinajstić information content (AvgIpc) is 2.36. The molecule has 23 heavy (non-hydrogen) atoms. The van der Waals surface area contributed by atoms with Gasteiger partial charge in [-0.2, -0.15) is 39.5 Å². The van der Waals surface area contributed by atoms with Crippen molar-refractivity contribution in [2.75, 3.05) is 0 Å². The minimum Gasteiger partial charge on any atom is -0.388 e. The number of benzene rings is 1. The minimum absolute atomic E-state index is 0.152. The summed E-state index contributed by atoms with van der Waals surface area (Å²) in [5.41, 5.74) is -0.293. The lowest BCUT2D eigenvalue weighted by Gasteiger charge is -2.34. The highest BCUT2D eigenvalue weighted by molar-refractivity contribution is 14.1. The van der Waals surface area contributed by atoms with Gasteiger partial charge in [-0.3, -0.25) is 0 Å². The van der Waals surface area contributed by atoms with Crippen molar-refractivity contribution in [3.05, 3.63) is 33.4 Å². The van der Waals surface area contributed by atoms with E-state index >= 15 is 0 Å². The van der Waals surface area contributed by atoms with Gasteiger partial charge in [0.1, 0.15) is 0 Å². The predicted octanol–water partition coefficient (Wildman–Crippen LogP) is 5.18. The second-order valence-electron chi connectivity index (χ2n) is 4.59. The number of halogens is 10. The zero-order chi connectivity index (χ0) is 18.3. The van der Waals surface area contributed by atoms with E-state index in [0.29, 0.717) is 0 Å². The van der Waals surface area contributed by atoms with Crippen molar-refractivity contribution in [2.24, 2.45) is 0 Å². The zero-order valence-corrected chi connectivity index (χ0v) is 13.0. The number of aliphatic hydroxyl groups excluding tert-OH is 1. The molecule has 1 atom stereocenters. The third-order valence-electron chi connectivity index (χ3n) is 2.92. The van der Waals surface area contributed by atoms with Crippen LogP contribution in [0.25, 0.3) is 0 Å². The smallest absolute Gasteiger partial charge is 0.388 e. The van der Waals surface area contributed by atoms with Crippen LogP contribution in [0.4, 0.5) is 39.5 Å². The lowest BCUT2D eigenvalue weighted by atomic mass is 9.95. The summed E-state index contributed by atoms with van der Waals surface area (Å²) in [4.78, 5) is 0. The van der Waals surface area contributed by atoms with Gasteiger partial charge in [-0.25, -0.2) is 0 Å². The Morgan fingerprint density at radius 3 is 1.78 bits per heavy atom. The lowest BCUT2D eigenvalue weighted by Crippen LogP contribution is -2.61. The van der Waals surface area contributed by atoms with E-state index in [4.69, 9.17) is 0 Å². The average molecular weight is 466 g/mol. The molecule has 1 unspecified atom stereocenters. The first-order valence-corrected chi connectivity index (χ1v) is 6.85. The molecule has 0 aliphatic rings. The molecule has 11 heteroatoms. The first kappa shape index (κ1) is 20.3. The molecule has 1 rings (SSSR count). The molecule has 1 nitrogen and oxygen atoms in total. The van der Waals surface area contributed by atoms with Crippen molar-refractivity contribution in [1.82, 2.24) is 0 Å². The maximum absolute atomic E-state index is 13.4. The van der Waals surface area contributed by atoms with Gasteiger partial charge in [0, 0.05) is 9.99 Å². The van der Waals surface area contributed by atoms with Gasteiger partial charge < -0.3 is 5.11 Å². The molecule has 0 aromatic heterocycles. The van der Waals surface area contributed by atoms with Gasteiger partial charge in [0.25, 0.3) is 0 Å². The fraction of sp³-hybridized carbons (Fsp3) is 0.500. The van der Waals surface area contributed by atoms with Gasteiger partial charge in [-0.05, 0) is 34.2 Å². The van der Waals surface area contributed by atoms with Gasteiger partial charge >= 0.3 is 23.9 Å². The fourth-order valence-electron chi connectivity index (χ4n) is 1.63. The van der Waals surface area contributed by atoms with Crippen LogP contribution in [0.1, 0.15) is 18.1 Å². The molecule has 0 bridgehead atoms. The molecule has 132 valence electrons.